The van der Waals surface area contributed by atoms with Crippen LogP contribution in [0.5, 0.6) is 0 Å². The Morgan fingerprint density at radius 3 is 2.83 bits per heavy atom. The molecule has 0 saturated heterocycles. The Bertz CT molecular complexity index is 885. The predicted octanol–water partition coefficient (Wildman–Crippen LogP) is 2.33. The molecule has 24 heavy (non-hydrogen) atoms. The van der Waals surface area contributed by atoms with Gasteiger partial charge in [-0.3, -0.25) is 9.78 Å². The van der Waals surface area contributed by atoms with Crippen molar-refractivity contribution in [2.45, 2.75) is 13.8 Å². The van der Waals surface area contributed by atoms with Crippen molar-refractivity contribution in [3.63, 3.8) is 0 Å². The molecule has 0 atom stereocenters. The molecule has 0 spiro atoms. The molecule has 0 fully saturated rings. The van der Waals surface area contributed by atoms with E-state index >= 15 is 0 Å². The summed E-state index contributed by atoms with van der Waals surface area (Å²) in [4.78, 5) is 24.3. The van der Waals surface area contributed by atoms with Gasteiger partial charge in [-0.05, 0) is 37.6 Å². The second-order valence-corrected chi connectivity index (χ2v) is 5.21. The Kier molecular flexibility index (Phi) is 4.42. The van der Waals surface area contributed by atoms with Crippen LogP contribution in [0.2, 0.25) is 0 Å². The second kappa shape index (κ2) is 6.82. The van der Waals surface area contributed by atoms with Gasteiger partial charge < -0.3 is 5.32 Å². The predicted molar refractivity (Wildman–Crippen MR) is 90.5 cm³/mol. The third-order valence-electron chi connectivity index (χ3n) is 3.24. The molecule has 0 unspecified atom stereocenters. The highest BCUT2D eigenvalue weighted by Gasteiger charge is 2.07. The Hall–Kier alpha value is -3.35. The first-order valence-corrected chi connectivity index (χ1v) is 7.36. The Morgan fingerprint density at radius 2 is 2.12 bits per heavy atom. The third kappa shape index (κ3) is 3.70. The topological polar surface area (TPSA) is 85.6 Å². The highest BCUT2D eigenvalue weighted by atomic mass is 16.1. The minimum atomic E-state index is -0.281. The van der Waals surface area contributed by atoms with Crippen molar-refractivity contribution in [2.75, 3.05) is 5.32 Å². The molecule has 1 amide bonds. The normalized spacial score (nSPS) is 10.9. The van der Waals surface area contributed by atoms with Crippen molar-refractivity contribution < 1.29 is 4.79 Å². The highest BCUT2D eigenvalue weighted by Crippen LogP contribution is 2.12. The first kappa shape index (κ1) is 15.5. The lowest BCUT2D eigenvalue weighted by atomic mass is 10.2. The molecule has 0 aliphatic rings. The van der Waals surface area contributed by atoms with Crippen LogP contribution in [0.4, 0.5) is 5.82 Å². The molecule has 0 bridgehead atoms. The number of carbonyl (C=O) groups excluding carboxylic acids is 1. The fourth-order valence-electron chi connectivity index (χ4n) is 2.21. The summed E-state index contributed by atoms with van der Waals surface area (Å²) in [5, 5.41) is 7.08. The van der Waals surface area contributed by atoms with Gasteiger partial charge in [-0.25, -0.2) is 14.6 Å². The molecule has 3 heterocycles. The van der Waals surface area contributed by atoms with E-state index in [0.717, 1.165) is 17.0 Å². The number of nitrogens with zero attached hydrogens (tertiary/aromatic N) is 5. The van der Waals surface area contributed by atoms with Crippen LogP contribution in [0, 0.1) is 13.8 Å². The first-order chi connectivity index (χ1) is 11.6. The zero-order valence-electron chi connectivity index (χ0n) is 13.3. The largest absolute Gasteiger partial charge is 0.307 e. The lowest BCUT2D eigenvalue weighted by Gasteiger charge is -2.05. The smallest absolute Gasteiger partial charge is 0.249 e. The molecule has 7 heteroatoms. The van der Waals surface area contributed by atoms with Crippen molar-refractivity contribution >= 4 is 17.8 Å². The van der Waals surface area contributed by atoms with Gasteiger partial charge >= 0.3 is 0 Å². The second-order valence-electron chi connectivity index (χ2n) is 5.21. The Balaban J connectivity index is 1.74. The summed E-state index contributed by atoms with van der Waals surface area (Å²) in [5.74, 6) is 0.729. The summed E-state index contributed by atoms with van der Waals surface area (Å²) in [5.41, 5.74) is 2.70. The van der Waals surface area contributed by atoms with Crippen LogP contribution in [-0.4, -0.2) is 30.6 Å². The van der Waals surface area contributed by atoms with Gasteiger partial charge in [0.1, 0.15) is 12.1 Å². The molecule has 3 aromatic rings. The van der Waals surface area contributed by atoms with Crippen LogP contribution < -0.4 is 5.32 Å². The van der Waals surface area contributed by atoms with E-state index in [4.69, 9.17) is 0 Å². The van der Waals surface area contributed by atoms with Gasteiger partial charge in [0.15, 0.2) is 5.82 Å². The number of hydrogen-bond acceptors (Lipinski definition) is 5. The molecule has 0 saturated carbocycles. The Morgan fingerprint density at radius 1 is 1.25 bits per heavy atom. The number of amides is 1. The zero-order chi connectivity index (χ0) is 16.9. The number of nitrogens with one attached hydrogen (secondary N) is 1. The van der Waals surface area contributed by atoms with E-state index in [-0.39, 0.29) is 5.91 Å². The summed E-state index contributed by atoms with van der Waals surface area (Å²) >= 11 is 0. The monoisotopic (exact) mass is 320 g/mol. The molecule has 0 aliphatic heterocycles. The molecular weight excluding hydrogens is 304 g/mol. The molecule has 3 aromatic heterocycles. The molecule has 7 nitrogen and oxygen atoms in total. The maximum atomic E-state index is 12.0. The molecule has 0 aliphatic carbocycles. The molecule has 120 valence electrons. The molecular formula is C17H16N6O. The number of carbonyl (C=O) groups is 1. The average Bonchev–Trinajstić information content (AvgIpc) is 2.93. The van der Waals surface area contributed by atoms with Crippen molar-refractivity contribution in [3.05, 3.63) is 66.0 Å². The number of aromatic nitrogens is 5. The van der Waals surface area contributed by atoms with E-state index < -0.39 is 0 Å². The van der Waals surface area contributed by atoms with E-state index in [1.165, 1.54) is 12.4 Å². The van der Waals surface area contributed by atoms with E-state index in [2.05, 4.69) is 25.4 Å². The van der Waals surface area contributed by atoms with Crippen molar-refractivity contribution in [2.24, 2.45) is 0 Å². The summed E-state index contributed by atoms with van der Waals surface area (Å²) in [6, 6.07) is 7.30. The molecule has 0 radical (unpaired) electrons. The van der Waals surface area contributed by atoms with Crippen molar-refractivity contribution in [3.8, 4) is 5.82 Å². The Labute approximate surface area is 139 Å². The SMILES string of the molecule is Cc1cc(C)n(-c2cc(NC(=O)/C=C/c3cccnc3)ncn2)n1. The van der Waals surface area contributed by atoms with Crippen LogP contribution in [0.25, 0.3) is 11.9 Å². The fraction of sp³-hybridized carbons (Fsp3) is 0.118. The van der Waals surface area contributed by atoms with Crippen LogP contribution >= 0.6 is 0 Å². The average molecular weight is 320 g/mol. The summed E-state index contributed by atoms with van der Waals surface area (Å²) in [6.07, 6.45) is 7.87. The third-order valence-corrected chi connectivity index (χ3v) is 3.24. The van der Waals surface area contributed by atoms with Gasteiger partial charge in [0, 0.05) is 30.2 Å². The molecule has 0 aromatic carbocycles. The summed E-state index contributed by atoms with van der Waals surface area (Å²) < 4.78 is 1.71. The van der Waals surface area contributed by atoms with Crippen LogP contribution in [0.1, 0.15) is 17.0 Å². The van der Waals surface area contributed by atoms with Crippen LogP contribution in [-0.2, 0) is 4.79 Å². The lowest BCUT2D eigenvalue weighted by Crippen LogP contribution is -2.11. The van der Waals surface area contributed by atoms with Gasteiger partial charge in [-0.1, -0.05) is 6.07 Å². The van der Waals surface area contributed by atoms with Crippen molar-refractivity contribution in [1.82, 2.24) is 24.7 Å². The number of pyridine rings is 1. The maximum absolute atomic E-state index is 12.0. The minimum Gasteiger partial charge on any atom is -0.307 e. The van der Waals surface area contributed by atoms with Gasteiger partial charge in [0.2, 0.25) is 5.91 Å². The molecule has 3 rings (SSSR count). The van der Waals surface area contributed by atoms with Crippen LogP contribution in [0.15, 0.2) is 49.1 Å². The fourth-order valence-corrected chi connectivity index (χ4v) is 2.21. The highest BCUT2D eigenvalue weighted by molar-refractivity contribution is 6.01. The number of aryl methyl sites for hydroxylation is 2. The van der Waals surface area contributed by atoms with Gasteiger partial charge in [0.05, 0.1) is 5.69 Å². The summed E-state index contributed by atoms with van der Waals surface area (Å²) in [7, 11) is 0. The quantitative estimate of drug-likeness (QED) is 0.746. The minimum absolute atomic E-state index is 0.281. The van der Waals surface area contributed by atoms with E-state index in [9.17, 15) is 4.79 Å². The standard InChI is InChI=1S/C17H16N6O/c1-12-8-13(2)23(22-12)16-9-15(19-11-20-16)21-17(24)6-5-14-4-3-7-18-10-14/h3-11H,1-2H3,(H,19,20,21,24)/b6-5+. The number of anilines is 1. The van der Waals surface area contributed by atoms with E-state index in [1.54, 1.807) is 29.2 Å². The van der Waals surface area contributed by atoms with E-state index in [0.29, 0.717) is 11.6 Å². The molecule has 1 N–H and O–H groups in total. The van der Waals surface area contributed by atoms with Crippen LogP contribution in [0.3, 0.4) is 0 Å². The maximum Gasteiger partial charge on any atom is 0.249 e. The van der Waals surface area contributed by atoms with Gasteiger partial charge in [-0.2, -0.15) is 5.10 Å². The first-order valence-electron chi connectivity index (χ1n) is 7.36. The zero-order valence-corrected chi connectivity index (χ0v) is 13.3. The number of hydrogen-bond donors (Lipinski definition) is 1. The van der Waals surface area contributed by atoms with Gasteiger partial charge in [-0.15, -0.1) is 0 Å². The number of rotatable bonds is 4. The van der Waals surface area contributed by atoms with Crippen molar-refractivity contribution in [1.29, 1.82) is 0 Å². The van der Waals surface area contributed by atoms with E-state index in [1.807, 2.05) is 32.0 Å². The van der Waals surface area contributed by atoms with Gasteiger partial charge in [0.25, 0.3) is 0 Å². The lowest BCUT2D eigenvalue weighted by molar-refractivity contribution is -0.111. The summed E-state index contributed by atoms with van der Waals surface area (Å²) in [6.45, 7) is 3.85.